The van der Waals surface area contributed by atoms with Crippen LogP contribution in [0.5, 0.6) is 0 Å². The lowest BCUT2D eigenvalue weighted by molar-refractivity contribution is -0.114. The molecule has 0 aromatic heterocycles. The van der Waals surface area contributed by atoms with E-state index in [0.29, 0.717) is 13.2 Å². The van der Waals surface area contributed by atoms with Gasteiger partial charge in [0.1, 0.15) is 13.0 Å². The second-order valence-electron chi connectivity index (χ2n) is 5.43. The molecule has 6 nitrogen and oxygen atoms in total. The normalized spacial score (nSPS) is 13.4. The smallest absolute Gasteiger partial charge is 0.221 e. The van der Waals surface area contributed by atoms with Gasteiger partial charge in [-0.1, -0.05) is 28.1 Å². The second-order valence-corrected chi connectivity index (χ2v) is 6.35. The molecule has 7 heteroatoms. The van der Waals surface area contributed by atoms with E-state index in [4.69, 9.17) is 0 Å². The number of rotatable bonds is 5. The molecular formula is C17H18BrN5O. The van der Waals surface area contributed by atoms with E-state index in [-0.39, 0.29) is 5.91 Å². The topological polar surface area (TPSA) is 60.0 Å². The van der Waals surface area contributed by atoms with Crippen LogP contribution in [-0.4, -0.2) is 24.0 Å². The largest absolute Gasteiger partial charge is 0.326 e. The molecule has 0 aliphatic carbocycles. The highest BCUT2D eigenvalue weighted by Gasteiger charge is 2.15. The van der Waals surface area contributed by atoms with Gasteiger partial charge in [-0.2, -0.15) is 5.10 Å². The molecule has 0 fully saturated rings. The van der Waals surface area contributed by atoms with Gasteiger partial charge in [-0.15, -0.1) is 0 Å². The van der Waals surface area contributed by atoms with Crippen molar-refractivity contribution in [1.82, 2.24) is 10.5 Å². The fourth-order valence-corrected chi connectivity index (χ4v) is 2.57. The number of carbonyl (C=O) groups is 1. The predicted molar refractivity (Wildman–Crippen MR) is 99.4 cm³/mol. The summed E-state index contributed by atoms with van der Waals surface area (Å²) in [6, 6.07) is 15.8. The van der Waals surface area contributed by atoms with Crippen LogP contribution in [-0.2, 0) is 11.3 Å². The number of hydrogen-bond acceptors (Lipinski definition) is 5. The molecule has 0 unspecified atom stereocenters. The molecule has 0 bridgehead atoms. The molecule has 2 N–H and O–H groups in total. The number of carbonyl (C=O) groups excluding carboxylic acids is 1. The summed E-state index contributed by atoms with van der Waals surface area (Å²) in [4.78, 5) is 13.1. The summed E-state index contributed by atoms with van der Waals surface area (Å²) in [5.74, 6) is -0.0752. The Balaban J connectivity index is 1.52. The highest BCUT2D eigenvalue weighted by Crippen LogP contribution is 2.19. The Morgan fingerprint density at radius 3 is 2.54 bits per heavy atom. The van der Waals surface area contributed by atoms with Gasteiger partial charge in [0.25, 0.3) is 0 Å². The molecule has 1 amide bonds. The third-order valence-corrected chi connectivity index (χ3v) is 4.04. The predicted octanol–water partition coefficient (Wildman–Crippen LogP) is 3.14. The Hall–Kier alpha value is -2.38. The van der Waals surface area contributed by atoms with E-state index in [1.165, 1.54) is 12.5 Å². The summed E-state index contributed by atoms with van der Waals surface area (Å²) in [5.41, 5.74) is 6.26. The fourth-order valence-electron chi connectivity index (χ4n) is 2.31. The van der Waals surface area contributed by atoms with Crippen molar-refractivity contribution < 1.29 is 4.79 Å². The molecule has 0 saturated heterocycles. The zero-order valence-corrected chi connectivity index (χ0v) is 14.8. The third-order valence-electron chi connectivity index (χ3n) is 3.51. The Morgan fingerprint density at radius 1 is 1.17 bits per heavy atom. The lowest BCUT2D eigenvalue weighted by atomic mass is 10.2. The van der Waals surface area contributed by atoms with Crippen molar-refractivity contribution in [1.29, 1.82) is 0 Å². The van der Waals surface area contributed by atoms with Crippen molar-refractivity contribution in [2.75, 3.05) is 16.9 Å². The van der Waals surface area contributed by atoms with E-state index in [0.717, 1.165) is 15.8 Å². The van der Waals surface area contributed by atoms with Gasteiger partial charge in [0.05, 0.1) is 0 Å². The summed E-state index contributed by atoms with van der Waals surface area (Å²) in [6.07, 6.45) is 1.78. The standard InChI is InChI=1S/C17H18BrN5O/c1-13(24)21-16-6-8-17(9-7-16)22-11-20-23(12-22)19-10-14-2-4-15(18)5-3-14/h2-9,11,19H,10,12H2,1H3,(H,21,24). The monoisotopic (exact) mass is 387 g/mol. The van der Waals surface area contributed by atoms with Crippen LogP contribution < -0.4 is 15.6 Å². The molecule has 0 atom stereocenters. The minimum Gasteiger partial charge on any atom is -0.326 e. The van der Waals surface area contributed by atoms with Crippen LogP contribution in [0.1, 0.15) is 12.5 Å². The van der Waals surface area contributed by atoms with Gasteiger partial charge in [0.15, 0.2) is 0 Å². The molecule has 2 aromatic carbocycles. The number of hydrazone groups is 1. The van der Waals surface area contributed by atoms with Crippen LogP contribution >= 0.6 is 15.9 Å². The van der Waals surface area contributed by atoms with Gasteiger partial charge in [0, 0.05) is 29.3 Å². The van der Waals surface area contributed by atoms with Crippen LogP contribution in [0.4, 0.5) is 11.4 Å². The highest BCUT2D eigenvalue weighted by atomic mass is 79.9. The van der Waals surface area contributed by atoms with Crippen LogP contribution in [0.15, 0.2) is 58.1 Å². The van der Waals surface area contributed by atoms with E-state index < -0.39 is 0 Å². The van der Waals surface area contributed by atoms with Crippen molar-refractivity contribution in [3.63, 3.8) is 0 Å². The number of amides is 1. The molecule has 0 spiro atoms. The van der Waals surface area contributed by atoms with Gasteiger partial charge in [-0.05, 0) is 42.0 Å². The van der Waals surface area contributed by atoms with Crippen LogP contribution in [0, 0.1) is 0 Å². The second kappa shape index (κ2) is 7.46. The van der Waals surface area contributed by atoms with Crippen molar-refractivity contribution in [3.05, 3.63) is 58.6 Å². The van der Waals surface area contributed by atoms with Crippen molar-refractivity contribution in [3.8, 4) is 0 Å². The molecule has 3 rings (SSSR count). The Labute approximate surface area is 149 Å². The summed E-state index contributed by atoms with van der Waals surface area (Å²) >= 11 is 3.43. The minimum atomic E-state index is -0.0752. The minimum absolute atomic E-state index is 0.0752. The molecule has 1 aliphatic heterocycles. The van der Waals surface area contributed by atoms with Crippen molar-refractivity contribution in [2.45, 2.75) is 13.5 Å². The summed E-state index contributed by atoms with van der Waals surface area (Å²) in [6.45, 7) is 2.83. The van der Waals surface area contributed by atoms with E-state index >= 15 is 0 Å². The van der Waals surface area contributed by atoms with Crippen molar-refractivity contribution in [2.24, 2.45) is 5.10 Å². The SMILES string of the molecule is CC(=O)Nc1ccc(N2C=NN(NCc3ccc(Br)cc3)C2)cc1. The number of benzene rings is 2. The maximum Gasteiger partial charge on any atom is 0.221 e. The Bertz CT molecular complexity index is 730. The molecule has 1 aliphatic rings. The number of hydrazine groups is 1. The van der Waals surface area contributed by atoms with E-state index in [9.17, 15) is 4.79 Å². The molecule has 2 aromatic rings. The first-order valence-electron chi connectivity index (χ1n) is 7.54. The fraction of sp³-hybridized carbons (Fsp3) is 0.176. The van der Waals surface area contributed by atoms with Gasteiger partial charge >= 0.3 is 0 Å². The molecule has 124 valence electrons. The van der Waals surface area contributed by atoms with Crippen molar-refractivity contribution >= 4 is 39.6 Å². The Morgan fingerprint density at radius 2 is 1.88 bits per heavy atom. The molecule has 0 saturated carbocycles. The van der Waals surface area contributed by atoms with Crippen LogP contribution in [0.25, 0.3) is 0 Å². The number of hydrogen-bond donors (Lipinski definition) is 2. The number of nitrogens with zero attached hydrogens (tertiary/aromatic N) is 3. The Kier molecular flexibility index (Phi) is 5.12. The van der Waals surface area contributed by atoms with E-state index in [1.807, 2.05) is 41.3 Å². The van der Waals surface area contributed by atoms with E-state index in [2.05, 4.69) is 43.9 Å². The maximum absolute atomic E-state index is 11.0. The summed E-state index contributed by atoms with van der Waals surface area (Å²) in [5, 5.41) is 8.89. The first kappa shape index (κ1) is 16.5. The van der Waals surface area contributed by atoms with Crippen LogP contribution in [0.2, 0.25) is 0 Å². The number of anilines is 2. The lowest BCUT2D eigenvalue weighted by Crippen LogP contribution is -2.36. The zero-order valence-electron chi connectivity index (χ0n) is 13.2. The zero-order chi connectivity index (χ0) is 16.9. The average molecular weight is 388 g/mol. The summed E-state index contributed by atoms with van der Waals surface area (Å²) < 4.78 is 1.07. The van der Waals surface area contributed by atoms with Gasteiger partial charge < -0.3 is 10.2 Å². The molecule has 1 heterocycles. The molecule has 24 heavy (non-hydrogen) atoms. The van der Waals surface area contributed by atoms with Gasteiger partial charge in [-0.25, -0.2) is 10.5 Å². The molecular weight excluding hydrogens is 370 g/mol. The average Bonchev–Trinajstić information content (AvgIpc) is 3.03. The number of nitrogens with one attached hydrogen (secondary N) is 2. The first-order chi connectivity index (χ1) is 11.6. The maximum atomic E-state index is 11.0. The van der Waals surface area contributed by atoms with Gasteiger partial charge in [-0.3, -0.25) is 4.79 Å². The highest BCUT2D eigenvalue weighted by molar-refractivity contribution is 9.10. The van der Waals surface area contributed by atoms with Gasteiger partial charge in [0.2, 0.25) is 5.91 Å². The van der Waals surface area contributed by atoms with Crippen LogP contribution in [0.3, 0.4) is 0 Å². The number of halogens is 1. The quantitative estimate of drug-likeness (QED) is 0.827. The molecule has 0 radical (unpaired) electrons. The first-order valence-corrected chi connectivity index (χ1v) is 8.33. The third kappa shape index (κ3) is 4.33. The van der Waals surface area contributed by atoms with E-state index in [1.54, 1.807) is 11.5 Å². The summed E-state index contributed by atoms with van der Waals surface area (Å²) in [7, 11) is 0. The lowest BCUT2D eigenvalue weighted by Gasteiger charge is -2.20.